The van der Waals surface area contributed by atoms with E-state index in [2.05, 4.69) is 10.6 Å². The molecule has 0 spiro atoms. The van der Waals surface area contributed by atoms with E-state index in [0.29, 0.717) is 11.4 Å². The lowest BCUT2D eigenvalue weighted by Gasteiger charge is -2.13. The molecular weight excluding hydrogens is 424 g/mol. The van der Waals surface area contributed by atoms with Crippen molar-refractivity contribution in [1.29, 1.82) is 0 Å². The number of anilines is 2. The number of hydrogen-bond acceptors (Lipinski definition) is 4. The van der Waals surface area contributed by atoms with Gasteiger partial charge in [-0.15, -0.1) is 11.8 Å². The van der Waals surface area contributed by atoms with Gasteiger partial charge in [-0.3, -0.25) is 9.59 Å². The van der Waals surface area contributed by atoms with Crippen molar-refractivity contribution in [3.05, 3.63) is 96.1 Å². The van der Waals surface area contributed by atoms with Crippen LogP contribution in [-0.4, -0.2) is 28.1 Å². The number of rotatable bonds is 8. The largest absolute Gasteiger partial charge is 0.478 e. The predicted octanol–water partition coefficient (Wildman–Crippen LogP) is 5.16. The van der Waals surface area contributed by atoms with Crippen molar-refractivity contribution in [1.82, 2.24) is 0 Å². The second-order valence-corrected chi connectivity index (χ2v) is 8.31. The van der Waals surface area contributed by atoms with E-state index in [1.807, 2.05) is 36.4 Å². The lowest BCUT2D eigenvalue weighted by Crippen LogP contribution is -2.22. The summed E-state index contributed by atoms with van der Waals surface area (Å²) in [5.74, 6) is -1.56. The second kappa shape index (κ2) is 11.0. The van der Waals surface area contributed by atoms with Crippen molar-refractivity contribution >= 4 is 47.0 Å². The van der Waals surface area contributed by atoms with Crippen LogP contribution in [0, 0.1) is 0 Å². The Morgan fingerprint density at radius 3 is 2.28 bits per heavy atom. The Labute approximate surface area is 190 Å². The van der Waals surface area contributed by atoms with Crippen LogP contribution in [0.1, 0.15) is 22.8 Å². The van der Waals surface area contributed by atoms with E-state index in [4.69, 9.17) is 5.11 Å². The van der Waals surface area contributed by atoms with Gasteiger partial charge in [-0.1, -0.05) is 42.5 Å². The Bertz CT molecular complexity index is 1150. The highest BCUT2D eigenvalue weighted by molar-refractivity contribution is 8.00. The van der Waals surface area contributed by atoms with Crippen LogP contribution in [0.4, 0.5) is 11.4 Å². The zero-order chi connectivity index (χ0) is 22.9. The molecule has 0 saturated heterocycles. The Balaban J connectivity index is 1.58. The molecule has 0 saturated carbocycles. The molecule has 6 nitrogen and oxygen atoms in total. The van der Waals surface area contributed by atoms with Gasteiger partial charge in [-0.25, -0.2) is 4.79 Å². The maximum absolute atomic E-state index is 12.5. The molecule has 162 valence electrons. The SMILES string of the molecule is CC(Sc1cccc(NC(=O)/C=C/c2ccccc2)c1)C(=O)Nc1cccc(C(=O)O)c1. The highest BCUT2D eigenvalue weighted by Crippen LogP contribution is 2.27. The minimum atomic E-state index is -1.05. The van der Waals surface area contributed by atoms with Gasteiger partial charge in [0.05, 0.1) is 10.8 Å². The Morgan fingerprint density at radius 1 is 0.875 bits per heavy atom. The van der Waals surface area contributed by atoms with Crippen LogP contribution in [0.15, 0.2) is 89.8 Å². The number of nitrogens with one attached hydrogen (secondary N) is 2. The number of carboxylic acid groups (broad SMARTS) is 1. The third kappa shape index (κ3) is 6.85. The van der Waals surface area contributed by atoms with E-state index in [-0.39, 0.29) is 17.4 Å². The molecule has 2 amide bonds. The molecule has 0 fully saturated rings. The van der Waals surface area contributed by atoms with Crippen molar-refractivity contribution < 1.29 is 19.5 Å². The summed E-state index contributed by atoms with van der Waals surface area (Å²) in [7, 11) is 0. The molecular formula is C25H22N2O4S. The van der Waals surface area contributed by atoms with Crippen LogP contribution < -0.4 is 10.6 Å². The van der Waals surface area contributed by atoms with Crippen LogP contribution in [0.25, 0.3) is 6.08 Å². The fraction of sp³-hybridized carbons (Fsp3) is 0.0800. The van der Waals surface area contributed by atoms with E-state index in [9.17, 15) is 14.4 Å². The lowest BCUT2D eigenvalue weighted by atomic mass is 10.2. The number of carbonyl (C=O) groups is 3. The molecule has 1 unspecified atom stereocenters. The Kier molecular flexibility index (Phi) is 7.83. The molecule has 0 heterocycles. The number of carbonyl (C=O) groups excluding carboxylic acids is 2. The molecule has 3 aromatic rings. The van der Waals surface area contributed by atoms with Gasteiger partial charge >= 0.3 is 5.97 Å². The van der Waals surface area contributed by atoms with E-state index in [1.54, 1.807) is 43.3 Å². The molecule has 0 aromatic heterocycles. The van der Waals surface area contributed by atoms with Gasteiger partial charge in [0.1, 0.15) is 0 Å². The maximum atomic E-state index is 12.5. The van der Waals surface area contributed by atoms with E-state index in [1.165, 1.54) is 30.0 Å². The van der Waals surface area contributed by atoms with Crippen molar-refractivity contribution in [2.45, 2.75) is 17.1 Å². The summed E-state index contributed by atoms with van der Waals surface area (Å²) in [5.41, 5.74) is 2.08. The molecule has 32 heavy (non-hydrogen) atoms. The molecule has 3 aromatic carbocycles. The minimum absolute atomic E-state index is 0.105. The topological polar surface area (TPSA) is 95.5 Å². The first-order valence-corrected chi connectivity index (χ1v) is 10.7. The zero-order valence-electron chi connectivity index (χ0n) is 17.3. The molecule has 0 aliphatic rings. The number of thioether (sulfide) groups is 1. The summed E-state index contributed by atoms with van der Waals surface area (Å²) in [6.45, 7) is 1.76. The molecule has 0 aliphatic heterocycles. The van der Waals surface area contributed by atoms with Gasteiger partial charge in [0.25, 0.3) is 0 Å². The lowest BCUT2D eigenvalue weighted by molar-refractivity contribution is -0.115. The Hall–Kier alpha value is -3.84. The van der Waals surface area contributed by atoms with Crippen LogP contribution in [0.2, 0.25) is 0 Å². The number of carboxylic acids is 1. The summed E-state index contributed by atoms with van der Waals surface area (Å²) in [6, 6.07) is 22.9. The smallest absolute Gasteiger partial charge is 0.335 e. The van der Waals surface area contributed by atoms with E-state index >= 15 is 0 Å². The molecule has 7 heteroatoms. The van der Waals surface area contributed by atoms with Crippen LogP contribution in [0.3, 0.4) is 0 Å². The van der Waals surface area contributed by atoms with Crippen LogP contribution in [0.5, 0.6) is 0 Å². The van der Waals surface area contributed by atoms with Gasteiger partial charge in [-0.2, -0.15) is 0 Å². The van der Waals surface area contributed by atoms with E-state index in [0.717, 1.165) is 10.5 Å². The summed E-state index contributed by atoms with van der Waals surface area (Å²) in [4.78, 5) is 36.6. The second-order valence-electron chi connectivity index (χ2n) is 6.90. The standard InChI is InChI=1S/C25H22N2O4S/c1-17(24(29)27-20-10-5-9-19(15-20)25(30)31)32-22-12-6-11-21(16-22)26-23(28)14-13-18-7-3-2-4-8-18/h2-17H,1H3,(H,26,28)(H,27,29)(H,30,31)/b14-13+. The third-order valence-corrected chi connectivity index (χ3v) is 5.48. The fourth-order valence-corrected chi connectivity index (χ4v) is 3.73. The summed E-state index contributed by atoms with van der Waals surface area (Å²) >= 11 is 1.34. The number of benzene rings is 3. The molecule has 3 N–H and O–H groups in total. The first-order valence-electron chi connectivity index (χ1n) is 9.86. The molecule has 1 atom stereocenters. The van der Waals surface area contributed by atoms with E-state index < -0.39 is 11.2 Å². The molecule has 0 radical (unpaired) electrons. The number of aromatic carboxylic acids is 1. The maximum Gasteiger partial charge on any atom is 0.335 e. The van der Waals surface area contributed by atoms with Crippen LogP contribution in [-0.2, 0) is 9.59 Å². The van der Waals surface area contributed by atoms with Crippen molar-refractivity contribution in [3.63, 3.8) is 0 Å². The monoisotopic (exact) mass is 446 g/mol. The van der Waals surface area contributed by atoms with Gasteiger partial charge < -0.3 is 15.7 Å². The molecule has 3 rings (SSSR count). The zero-order valence-corrected chi connectivity index (χ0v) is 18.1. The predicted molar refractivity (Wildman–Crippen MR) is 128 cm³/mol. The summed E-state index contributed by atoms with van der Waals surface area (Å²) in [5, 5.41) is 14.2. The average molecular weight is 447 g/mol. The van der Waals surface area contributed by atoms with Gasteiger partial charge in [0.15, 0.2) is 0 Å². The fourth-order valence-electron chi connectivity index (χ4n) is 2.80. The summed E-state index contributed by atoms with van der Waals surface area (Å²) in [6.07, 6.45) is 3.20. The Morgan fingerprint density at radius 2 is 1.56 bits per heavy atom. The van der Waals surface area contributed by atoms with Crippen molar-refractivity contribution in [2.24, 2.45) is 0 Å². The third-order valence-electron chi connectivity index (χ3n) is 4.39. The quantitative estimate of drug-likeness (QED) is 0.328. The van der Waals surface area contributed by atoms with Crippen molar-refractivity contribution in [3.8, 4) is 0 Å². The molecule has 0 aliphatic carbocycles. The van der Waals surface area contributed by atoms with Gasteiger partial charge in [-0.05, 0) is 55.0 Å². The van der Waals surface area contributed by atoms with Crippen LogP contribution >= 0.6 is 11.8 Å². The average Bonchev–Trinajstić information content (AvgIpc) is 2.79. The highest BCUT2D eigenvalue weighted by atomic mass is 32.2. The van der Waals surface area contributed by atoms with Crippen molar-refractivity contribution in [2.75, 3.05) is 10.6 Å². The molecule has 0 bridgehead atoms. The minimum Gasteiger partial charge on any atom is -0.478 e. The van der Waals surface area contributed by atoms with Gasteiger partial charge in [0.2, 0.25) is 11.8 Å². The van der Waals surface area contributed by atoms with Gasteiger partial charge in [0, 0.05) is 22.3 Å². The highest BCUT2D eigenvalue weighted by Gasteiger charge is 2.15. The first kappa shape index (κ1) is 22.8. The first-order chi connectivity index (χ1) is 15.4. The summed E-state index contributed by atoms with van der Waals surface area (Å²) < 4.78 is 0. The normalized spacial score (nSPS) is 11.7. The number of hydrogen-bond donors (Lipinski definition) is 3. The number of amides is 2.